The van der Waals surface area contributed by atoms with Crippen LogP contribution in [0, 0.1) is 13.8 Å². The summed E-state index contributed by atoms with van der Waals surface area (Å²) >= 11 is 0. The van der Waals surface area contributed by atoms with Crippen LogP contribution in [-0.2, 0) is 0 Å². The summed E-state index contributed by atoms with van der Waals surface area (Å²) in [4.78, 5) is 30.5. The van der Waals surface area contributed by atoms with Crippen LogP contribution in [-0.4, -0.2) is 30.8 Å². The van der Waals surface area contributed by atoms with Gasteiger partial charge in [-0.2, -0.15) is 5.10 Å². The van der Waals surface area contributed by atoms with Gasteiger partial charge >= 0.3 is 5.97 Å². The fourth-order valence-corrected chi connectivity index (χ4v) is 2.95. The number of rotatable bonds is 4. The zero-order chi connectivity index (χ0) is 19.8. The Morgan fingerprint density at radius 1 is 1.11 bits per heavy atom. The van der Waals surface area contributed by atoms with Crippen LogP contribution in [0.5, 0.6) is 11.5 Å². The van der Waals surface area contributed by atoms with Crippen molar-refractivity contribution >= 4 is 16.9 Å². The summed E-state index contributed by atoms with van der Waals surface area (Å²) in [5.41, 5.74) is 2.23. The van der Waals surface area contributed by atoms with Gasteiger partial charge in [-0.1, -0.05) is 6.07 Å². The van der Waals surface area contributed by atoms with Gasteiger partial charge in [-0.25, -0.2) is 14.5 Å². The summed E-state index contributed by atoms with van der Waals surface area (Å²) in [5.74, 6) is 0.232. The fourth-order valence-electron chi connectivity index (χ4n) is 2.95. The molecule has 4 rings (SSSR count). The van der Waals surface area contributed by atoms with Gasteiger partial charge in [0.15, 0.2) is 0 Å². The van der Waals surface area contributed by atoms with Crippen molar-refractivity contribution in [2.45, 2.75) is 13.8 Å². The maximum absolute atomic E-state index is 12.5. The van der Waals surface area contributed by atoms with Crippen molar-refractivity contribution in [3.8, 4) is 17.4 Å². The van der Waals surface area contributed by atoms with Crippen LogP contribution < -0.4 is 10.3 Å². The first-order valence-corrected chi connectivity index (χ1v) is 8.47. The van der Waals surface area contributed by atoms with Crippen molar-refractivity contribution in [1.82, 2.24) is 19.7 Å². The molecule has 0 unspecified atom stereocenters. The first-order valence-electron chi connectivity index (χ1n) is 8.47. The Balaban J connectivity index is 1.71. The number of nitrogens with zero attached hydrogens (tertiary/aromatic N) is 3. The van der Waals surface area contributed by atoms with E-state index in [1.165, 1.54) is 17.1 Å². The number of aromatic carboxylic acids is 1. The number of carbonyl (C=O) groups is 1. The third-order valence-electron chi connectivity index (χ3n) is 4.14. The van der Waals surface area contributed by atoms with Crippen LogP contribution >= 0.6 is 0 Å². The molecule has 0 saturated carbocycles. The number of hydrogen-bond donors (Lipinski definition) is 2. The van der Waals surface area contributed by atoms with Crippen LogP contribution in [0.1, 0.15) is 21.5 Å². The lowest BCUT2D eigenvalue weighted by Crippen LogP contribution is -2.14. The fraction of sp³-hybridized carbons (Fsp3) is 0.100. The SMILES string of the molecule is Cc1cc(C)cc(Oc2ccc3nc(-n4cc(C(=O)O)cn4)[nH]c(=O)c3c2)c1. The summed E-state index contributed by atoms with van der Waals surface area (Å²) < 4.78 is 7.10. The van der Waals surface area contributed by atoms with E-state index in [1.54, 1.807) is 18.2 Å². The Kier molecular flexibility index (Phi) is 4.15. The van der Waals surface area contributed by atoms with Gasteiger partial charge in [0.25, 0.3) is 5.56 Å². The molecule has 8 heteroatoms. The van der Waals surface area contributed by atoms with Crippen molar-refractivity contribution in [2.75, 3.05) is 0 Å². The van der Waals surface area contributed by atoms with E-state index in [9.17, 15) is 9.59 Å². The highest BCUT2D eigenvalue weighted by atomic mass is 16.5. The minimum atomic E-state index is -1.11. The summed E-state index contributed by atoms with van der Waals surface area (Å²) in [7, 11) is 0. The Morgan fingerprint density at radius 2 is 1.86 bits per heavy atom. The van der Waals surface area contributed by atoms with Gasteiger partial charge in [-0.05, 0) is 55.3 Å². The third-order valence-corrected chi connectivity index (χ3v) is 4.14. The topological polar surface area (TPSA) is 110 Å². The Labute approximate surface area is 159 Å². The summed E-state index contributed by atoms with van der Waals surface area (Å²) in [6.45, 7) is 3.98. The number of carboxylic acids is 1. The third kappa shape index (κ3) is 3.35. The molecule has 0 aliphatic heterocycles. The summed E-state index contributed by atoms with van der Waals surface area (Å²) in [6.07, 6.45) is 2.47. The van der Waals surface area contributed by atoms with Crippen molar-refractivity contribution < 1.29 is 14.6 Å². The lowest BCUT2D eigenvalue weighted by molar-refractivity contribution is 0.0697. The number of fused-ring (bicyclic) bond motifs is 1. The molecule has 0 fully saturated rings. The zero-order valence-electron chi connectivity index (χ0n) is 15.1. The van der Waals surface area contributed by atoms with Crippen molar-refractivity contribution in [1.29, 1.82) is 0 Å². The number of aromatic amines is 1. The summed E-state index contributed by atoms with van der Waals surface area (Å²) in [6, 6.07) is 10.9. The van der Waals surface area contributed by atoms with Crippen LogP contribution in [0.3, 0.4) is 0 Å². The smallest absolute Gasteiger partial charge is 0.338 e. The number of nitrogens with one attached hydrogen (secondary N) is 1. The molecule has 0 radical (unpaired) electrons. The largest absolute Gasteiger partial charge is 0.478 e. The maximum Gasteiger partial charge on any atom is 0.338 e. The molecule has 2 aromatic carbocycles. The van der Waals surface area contributed by atoms with Crippen molar-refractivity contribution in [3.05, 3.63) is 75.8 Å². The number of benzene rings is 2. The molecule has 0 aliphatic rings. The highest BCUT2D eigenvalue weighted by Crippen LogP contribution is 2.25. The van der Waals surface area contributed by atoms with Crippen molar-refractivity contribution in [3.63, 3.8) is 0 Å². The van der Waals surface area contributed by atoms with E-state index >= 15 is 0 Å². The molecule has 2 aromatic heterocycles. The molecule has 0 atom stereocenters. The molecule has 0 bridgehead atoms. The van der Waals surface area contributed by atoms with Crippen LogP contribution in [0.2, 0.25) is 0 Å². The molecule has 2 N–H and O–H groups in total. The molecular formula is C20H16N4O4. The second-order valence-electron chi connectivity index (χ2n) is 6.47. The Hall–Kier alpha value is -3.94. The highest BCUT2D eigenvalue weighted by molar-refractivity contribution is 5.87. The Bertz CT molecular complexity index is 1250. The van der Waals surface area contributed by atoms with E-state index in [0.29, 0.717) is 22.4 Å². The minimum Gasteiger partial charge on any atom is -0.478 e. The van der Waals surface area contributed by atoms with E-state index in [0.717, 1.165) is 11.1 Å². The average Bonchev–Trinajstić information content (AvgIpc) is 3.12. The second kappa shape index (κ2) is 6.66. The van der Waals surface area contributed by atoms with Gasteiger partial charge in [-0.15, -0.1) is 0 Å². The lowest BCUT2D eigenvalue weighted by atomic mass is 10.1. The number of hydrogen-bond acceptors (Lipinski definition) is 5. The van der Waals surface area contributed by atoms with Crippen LogP contribution in [0.25, 0.3) is 16.9 Å². The van der Waals surface area contributed by atoms with E-state index in [4.69, 9.17) is 9.84 Å². The first kappa shape index (κ1) is 17.5. The van der Waals surface area contributed by atoms with Gasteiger partial charge in [0.1, 0.15) is 11.5 Å². The number of aryl methyl sites for hydroxylation is 2. The summed E-state index contributed by atoms with van der Waals surface area (Å²) in [5, 5.41) is 13.3. The van der Waals surface area contributed by atoms with Gasteiger partial charge in [0, 0.05) is 6.20 Å². The molecule has 4 aromatic rings. The lowest BCUT2D eigenvalue weighted by Gasteiger charge is -2.09. The van der Waals surface area contributed by atoms with Gasteiger partial charge in [-0.3, -0.25) is 9.78 Å². The number of H-pyrrole nitrogens is 1. The molecule has 0 saturated heterocycles. The first-order chi connectivity index (χ1) is 13.4. The maximum atomic E-state index is 12.5. The predicted octanol–water partition coefficient (Wildman–Crippen LogP) is 3.22. The van der Waals surface area contributed by atoms with E-state index in [2.05, 4.69) is 21.1 Å². The number of ether oxygens (including phenoxy) is 1. The molecular weight excluding hydrogens is 360 g/mol. The van der Waals surface area contributed by atoms with E-state index in [-0.39, 0.29) is 17.1 Å². The standard InChI is InChI=1S/C20H16N4O4/c1-11-5-12(2)7-15(6-11)28-14-3-4-17-16(8-14)18(25)23-20(22-17)24-10-13(9-21-24)19(26)27/h3-10H,1-2H3,(H,26,27)(H,22,23,25). The molecule has 8 nitrogen and oxygen atoms in total. The Morgan fingerprint density at radius 3 is 2.54 bits per heavy atom. The molecule has 2 heterocycles. The molecule has 0 aliphatic carbocycles. The normalized spacial score (nSPS) is 10.9. The van der Waals surface area contributed by atoms with Gasteiger partial charge in [0.2, 0.25) is 5.95 Å². The number of carboxylic acid groups (broad SMARTS) is 1. The molecule has 140 valence electrons. The molecule has 28 heavy (non-hydrogen) atoms. The van der Waals surface area contributed by atoms with Gasteiger partial charge < -0.3 is 9.84 Å². The van der Waals surface area contributed by atoms with Gasteiger partial charge in [0.05, 0.1) is 22.7 Å². The monoisotopic (exact) mass is 376 g/mol. The second-order valence-corrected chi connectivity index (χ2v) is 6.47. The van der Waals surface area contributed by atoms with E-state index < -0.39 is 5.97 Å². The average molecular weight is 376 g/mol. The zero-order valence-corrected chi connectivity index (χ0v) is 15.1. The molecule has 0 amide bonds. The van der Waals surface area contributed by atoms with Crippen LogP contribution in [0.15, 0.2) is 53.6 Å². The minimum absolute atomic E-state index is 0.0000539. The van der Waals surface area contributed by atoms with E-state index in [1.807, 2.05) is 26.0 Å². The van der Waals surface area contributed by atoms with Crippen LogP contribution in [0.4, 0.5) is 0 Å². The quantitative estimate of drug-likeness (QED) is 0.566. The molecule has 0 spiro atoms. The van der Waals surface area contributed by atoms with Crippen molar-refractivity contribution in [2.24, 2.45) is 0 Å². The predicted molar refractivity (Wildman–Crippen MR) is 102 cm³/mol. The highest BCUT2D eigenvalue weighted by Gasteiger charge is 2.11. The number of aromatic nitrogens is 4.